The van der Waals surface area contributed by atoms with Crippen molar-refractivity contribution >= 4 is 35.6 Å². The number of hydrogen-bond acceptors (Lipinski definition) is 10. The molecule has 3 amide bonds. The number of nitrogens with one attached hydrogen (secondary N) is 1. The molecule has 0 unspecified atom stereocenters. The molecule has 1 N–H and O–H groups in total. The molecule has 2 heterocycles. The molecule has 0 bridgehead atoms. The molecular formula is C30H47N3O10. The van der Waals surface area contributed by atoms with Crippen LogP contribution in [0.3, 0.4) is 0 Å². The third-order valence-corrected chi connectivity index (χ3v) is 5.94. The van der Waals surface area contributed by atoms with E-state index in [2.05, 4.69) is 39.2 Å². The van der Waals surface area contributed by atoms with E-state index in [-0.39, 0.29) is 42.1 Å². The van der Waals surface area contributed by atoms with E-state index in [1.807, 2.05) is 20.8 Å². The van der Waals surface area contributed by atoms with E-state index < -0.39 is 36.7 Å². The first-order valence-corrected chi connectivity index (χ1v) is 14.3. The number of rotatable bonds is 13. The van der Waals surface area contributed by atoms with Gasteiger partial charge < -0.3 is 24.5 Å². The number of carbonyl (C=O) groups is 6. The van der Waals surface area contributed by atoms with Crippen molar-refractivity contribution in [3.05, 3.63) is 24.6 Å². The standard InChI is InChI=1S/C16H26N2O5.C14H21NO5/c1-12-5-6-14(20)18(12)23-15(21)11-13(19)17-8-10-22-9-7-16(2,3)4;1-10-5-6-11(16)15(10)20-13(18)9-12(17)19-8-7-14(2,3)4/h1,5-11H2,2-4H3,(H,17,19);1,5-9H2,2-4H3. The highest BCUT2D eigenvalue weighted by molar-refractivity contribution is 5.95. The molecule has 0 radical (unpaired) electrons. The first-order chi connectivity index (χ1) is 19.9. The van der Waals surface area contributed by atoms with E-state index >= 15 is 0 Å². The number of nitrogens with zero attached hydrogens (tertiary/aromatic N) is 2. The fourth-order valence-electron chi connectivity index (χ4n) is 3.34. The van der Waals surface area contributed by atoms with Crippen LogP contribution in [0.4, 0.5) is 0 Å². The van der Waals surface area contributed by atoms with Gasteiger partial charge in [0.2, 0.25) is 5.91 Å². The smallest absolute Gasteiger partial charge is 0.344 e. The summed E-state index contributed by atoms with van der Waals surface area (Å²) in [6.45, 7) is 21.3. The Bertz CT molecular complexity index is 1020. The summed E-state index contributed by atoms with van der Waals surface area (Å²) in [5.41, 5.74) is 1.12. The summed E-state index contributed by atoms with van der Waals surface area (Å²) in [5.74, 6) is -3.38. The van der Waals surface area contributed by atoms with E-state index in [0.29, 0.717) is 50.4 Å². The highest BCUT2D eigenvalue weighted by Crippen LogP contribution is 2.22. The van der Waals surface area contributed by atoms with Crippen molar-refractivity contribution in [3.63, 3.8) is 0 Å². The lowest BCUT2D eigenvalue weighted by Crippen LogP contribution is -2.33. The van der Waals surface area contributed by atoms with Gasteiger partial charge in [0, 0.05) is 26.0 Å². The second kappa shape index (κ2) is 17.4. The molecule has 2 fully saturated rings. The molecule has 242 valence electrons. The fourth-order valence-corrected chi connectivity index (χ4v) is 3.34. The summed E-state index contributed by atoms with van der Waals surface area (Å²) < 4.78 is 10.3. The summed E-state index contributed by atoms with van der Waals surface area (Å²) in [6, 6.07) is 0. The minimum absolute atomic E-state index is 0.0561. The van der Waals surface area contributed by atoms with Crippen molar-refractivity contribution < 1.29 is 47.9 Å². The molecule has 2 aliphatic rings. The highest BCUT2D eigenvalue weighted by atomic mass is 16.7. The molecular weight excluding hydrogens is 562 g/mol. The van der Waals surface area contributed by atoms with Crippen LogP contribution >= 0.6 is 0 Å². The Labute approximate surface area is 253 Å². The van der Waals surface area contributed by atoms with Gasteiger partial charge in [0.1, 0.15) is 12.8 Å². The molecule has 0 atom stereocenters. The Balaban J connectivity index is 0.000000434. The van der Waals surface area contributed by atoms with Crippen molar-refractivity contribution in [2.24, 2.45) is 10.8 Å². The van der Waals surface area contributed by atoms with E-state index in [1.165, 1.54) is 0 Å². The Morgan fingerprint density at radius 2 is 1.16 bits per heavy atom. The average molecular weight is 610 g/mol. The number of allylic oxidation sites excluding steroid dienone is 2. The Morgan fingerprint density at radius 1 is 0.698 bits per heavy atom. The molecule has 0 aromatic carbocycles. The first kappa shape index (κ1) is 37.3. The maximum atomic E-state index is 11.6. The number of esters is 1. The van der Waals surface area contributed by atoms with Crippen molar-refractivity contribution in [2.45, 2.75) is 92.9 Å². The highest BCUT2D eigenvalue weighted by Gasteiger charge is 2.30. The van der Waals surface area contributed by atoms with Crippen LogP contribution in [0.1, 0.15) is 92.9 Å². The van der Waals surface area contributed by atoms with Gasteiger partial charge in [-0.05, 0) is 36.5 Å². The molecule has 2 saturated heterocycles. The van der Waals surface area contributed by atoms with Crippen molar-refractivity contribution in [1.29, 1.82) is 0 Å². The van der Waals surface area contributed by atoms with E-state index in [9.17, 15) is 28.8 Å². The second-order valence-corrected chi connectivity index (χ2v) is 12.6. The van der Waals surface area contributed by atoms with Crippen LogP contribution in [-0.2, 0) is 47.9 Å². The van der Waals surface area contributed by atoms with Gasteiger partial charge in [0.25, 0.3) is 11.8 Å². The number of hydrogen-bond donors (Lipinski definition) is 1. The van der Waals surface area contributed by atoms with E-state index in [1.54, 1.807) is 0 Å². The lowest BCUT2D eigenvalue weighted by Gasteiger charge is -2.18. The van der Waals surface area contributed by atoms with Crippen molar-refractivity contribution in [3.8, 4) is 0 Å². The van der Waals surface area contributed by atoms with Gasteiger partial charge in [-0.25, -0.2) is 9.59 Å². The predicted molar refractivity (Wildman–Crippen MR) is 155 cm³/mol. The summed E-state index contributed by atoms with van der Waals surface area (Å²) in [4.78, 5) is 78.5. The third kappa shape index (κ3) is 16.5. The molecule has 0 aromatic rings. The summed E-state index contributed by atoms with van der Waals surface area (Å²) in [6.07, 6.45) is 2.13. The van der Waals surface area contributed by atoms with E-state index in [0.717, 1.165) is 16.5 Å². The molecule has 2 rings (SSSR count). The third-order valence-electron chi connectivity index (χ3n) is 5.94. The maximum absolute atomic E-state index is 11.6. The zero-order chi connectivity index (χ0) is 32.8. The predicted octanol–water partition coefficient (Wildman–Crippen LogP) is 3.49. The zero-order valence-electron chi connectivity index (χ0n) is 26.4. The molecule has 43 heavy (non-hydrogen) atoms. The molecule has 0 aliphatic carbocycles. The van der Waals surface area contributed by atoms with Crippen LogP contribution in [0.15, 0.2) is 24.6 Å². The molecule has 0 spiro atoms. The lowest BCUT2D eigenvalue weighted by molar-refractivity contribution is -0.188. The average Bonchev–Trinajstić information content (AvgIpc) is 3.35. The maximum Gasteiger partial charge on any atom is 0.344 e. The summed E-state index contributed by atoms with van der Waals surface area (Å²) in [7, 11) is 0. The van der Waals surface area contributed by atoms with Gasteiger partial charge >= 0.3 is 17.9 Å². The van der Waals surface area contributed by atoms with Gasteiger partial charge in [-0.1, -0.05) is 54.7 Å². The minimum atomic E-state index is -0.817. The molecule has 2 aliphatic heterocycles. The van der Waals surface area contributed by atoms with Crippen LogP contribution in [0.5, 0.6) is 0 Å². The Kier molecular flexibility index (Phi) is 15.1. The van der Waals surface area contributed by atoms with Gasteiger partial charge in [0.15, 0.2) is 0 Å². The Morgan fingerprint density at radius 3 is 1.60 bits per heavy atom. The molecule has 13 heteroatoms. The van der Waals surface area contributed by atoms with Gasteiger partial charge in [0.05, 0.1) is 24.6 Å². The lowest BCUT2D eigenvalue weighted by atomic mass is 9.93. The summed E-state index contributed by atoms with van der Waals surface area (Å²) >= 11 is 0. The topological polar surface area (TPSA) is 158 Å². The van der Waals surface area contributed by atoms with Crippen molar-refractivity contribution in [2.75, 3.05) is 26.4 Å². The van der Waals surface area contributed by atoms with Crippen LogP contribution in [0, 0.1) is 10.8 Å². The minimum Gasteiger partial charge on any atom is -0.465 e. The van der Waals surface area contributed by atoms with Gasteiger partial charge in [-0.2, -0.15) is 0 Å². The number of amides is 3. The van der Waals surface area contributed by atoms with Crippen molar-refractivity contribution in [1.82, 2.24) is 15.4 Å². The van der Waals surface area contributed by atoms with E-state index in [4.69, 9.17) is 19.1 Å². The van der Waals surface area contributed by atoms with Gasteiger partial charge in [-0.15, -0.1) is 10.1 Å². The number of hydroxylamine groups is 4. The SMILES string of the molecule is C=C1CCC(=O)N1OC(=O)CC(=O)NCCOCCC(C)(C)C.C=C1CCC(=O)N1OC(=O)CC(=O)OCCC(C)(C)C. The van der Waals surface area contributed by atoms with Crippen LogP contribution in [-0.4, -0.2) is 72.1 Å². The quantitative estimate of drug-likeness (QED) is 0.186. The number of ether oxygens (including phenoxy) is 2. The largest absolute Gasteiger partial charge is 0.465 e. The number of carbonyl (C=O) groups excluding carboxylic acids is 6. The summed E-state index contributed by atoms with van der Waals surface area (Å²) in [5, 5.41) is 4.29. The molecule has 0 aromatic heterocycles. The zero-order valence-corrected chi connectivity index (χ0v) is 26.4. The second-order valence-electron chi connectivity index (χ2n) is 12.6. The fraction of sp³-hybridized carbons (Fsp3) is 0.667. The first-order valence-electron chi connectivity index (χ1n) is 14.3. The molecule has 13 nitrogen and oxygen atoms in total. The van der Waals surface area contributed by atoms with Crippen LogP contribution in [0.2, 0.25) is 0 Å². The van der Waals surface area contributed by atoms with Crippen LogP contribution in [0.25, 0.3) is 0 Å². The van der Waals surface area contributed by atoms with Crippen LogP contribution < -0.4 is 5.32 Å². The molecule has 0 saturated carbocycles. The monoisotopic (exact) mass is 609 g/mol. The Hall–Kier alpha value is -3.74. The van der Waals surface area contributed by atoms with Gasteiger partial charge in [-0.3, -0.25) is 19.2 Å². The normalized spacial score (nSPS) is 15.2.